The molecule has 0 aliphatic heterocycles. The lowest BCUT2D eigenvalue weighted by molar-refractivity contribution is 0.0252. The van der Waals surface area contributed by atoms with Crippen LogP contribution in [-0.2, 0) is 4.74 Å². The van der Waals surface area contributed by atoms with Gasteiger partial charge in [-0.1, -0.05) is 12.1 Å². The first-order valence-corrected chi connectivity index (χ1v) is 8.01. The predicted octanol–water partition coefficient (Wildman–Crippen LogP) is 2.97. The summed E-state index contributed by atoms with van der Waals surface area (Å²) in [4.78, 5) is 0. The minimum absolute atomic E-state index is 0.0298. The van der Waals surface area contributed by atoms with E-state index >= 15 is 0 Å². The molecule has 0 saturated heterocycles. The van der Waals surface area contributed by atoms with Gasteiger partial charge in [0.05, 0.1) is 26.9 Å². The van der Waals surface area contributed by atoms with Gasteiger partial charge in [0.15, 0.2) is 23.0 Å². The quantitative estimate of drug-likeness (QED) is 0.680. The Morgan fingerprint density at radius 1 is 0.880 bits per heavy atom. The molecule has 0 aliphatic carbocycles. The van der Waals surface area contributed by atoms with Crippen molar-refractivity contribution in [3.63, 3.8) is 0 Å². The summed E-state index contributed by atoms with van der Waals surface area (Å²) in [5, 5.41) is 29.6. The number of phenols is 2. The van der Waals surface area contributed by atoms with Crippen LogP contribution in [0.1, 0.15) is 30.1 Å². The number of rotatable bonds is 8. The molecule has 0 saturated carbocycles. The highest BCUT2D eigenvalue weighted by Gasteiger charge is 2.26. The maximum atomic E-state index is 9.99. The molecule has 6 heteroatoms. The highest BCUT2D eigenvalue weighted by atomic mass is 16.5. The Hall–Kier alpha value is -2.44. The van der Waals surface area contributed by atoms with Gasteiger partial charge in [0.2, 0.25) is 0 Å². The van der Waals surface area contributed by atoms with Crippen molar-refractivity contribution < 1.29 is 29.5 Å². The van der Waals surface area contributed by atoms with Crippen LogP contribution in [-0.4, -0.2) is 42.8 Å². The van der Waals surface area contributed by atoms with Crippen LogP contribution < -0.4 is 9.47 Å². The van der Waals surface area contributed by atoms with E-state index in [1.54, 1.807) is 24.3 Å². The Labute approximate surface area is 147 Å². The lowest BCUT2D eigenvalue weighted by Gasteiger charge is -2.27. The summed E-state index contributed by atoms with van der Waals surface area (Å²) >= 11 is 0. The smallest absolute Gasteiger partial charge is 0.160 e. The Balaban J connectivity index is 2.46. The van der Waals surface area contributed by atoms with Gasteiger partial charge >= 0.3 is 0 Å². The molecule has 25 heavy (non-hydrogen) atoms. The van der Waals surface area contributed by atoms with E-state index in [0.29, 0.717) is 18.1 Å². The molecule has 2 atom stereocenters. The van der Waals surface area contributed by atoms with Crippen molar-refractivity contribution in [3.8, 4) is 23.0 Å². The van der Waals surface area contributed by atoms with Crippen LogP contribution in [0.3, 0.4) is 0 Å². The third kappa shape index (κ3) is 4.15. The van der Waals surface area contributed by atoms with Crippen LogP contribution in [0.4, 0.5) is 0 Å². The Morgan fingerprint density at radius 2 is 1.40 bits per heavy atom. The highest BCUT2D eigenvalue weighted by molar-refractivity contribution is 5.46. The highest BCUT2D eigenvalue weighted by Crippen LogP contribution is 2.39. The second-order valence-corrected chi connectivity index (χ2v) is 5.53. The molecule has 0 radical (unpaired) electrons. The van der Waals surface area contributed by atoms with Gasteiger partial charge < -0.3 is 29.5 Å². The van der Waals surface area contributed by atoms with Crippen molar-refractivity contribution >= 4 is 0 Å². The van der Waals surface area contributed by atoms with E-state index in [9.17, 15) is 15.3 Å². The number of hydrogen-bond acceptors (Lipinski definition) is 6. The summed E-state index contributed by atoms with van der Waals surface area (Å²) in [5.74, 6) is 0.343. The van der Waals surface area contributed by atoms with E-state index in [1.807, 2.05) is 6.92 Å². The lowest BCUT2D eigenvalue weighted by atomic mass is 9.89. The Bertz CT molecular complexity index is 700. The number of aromatic hydroxyl groups is 2. The van der Waals surface area contributed by atoms with Crippen LogP contribution in [0.2, 0.25) is 0 Å². The molecule has 2 aromatic carbocycles. The van der Waals surface area contributed by atoms with Gasteiger partial charge in [-0.2, -0.15) is 0 Å². The zero-order valence-corrected chi connectivity index (χ0v) is 14.6. The van der Waals surface area contributed by atoms with Gasteiger partial charge in [-0.25, -0.2) is 0 Å². The fourth-order valence-electron chi connectivity index (χ4n) is 2.80. The molecule has 136 valence electrons. The SMILES string of the molecule is CCO[C@@H](c1ccc(O)c(OC)c1)[C@@H](CO)c1ccc(O)c(OC)c1. The number of methoxy groups -OCH3 is 2. The normalized spacial score (nSPS) is 13.3. The summed E-state index contributed by atoms with van der Waals surface area (Å²) in [7, 11) is 2.94. The fraction of sp³-hybridized carbons (Fsp3) is 0.368. The third-order valence-corrected chi connectivity index (χ3v) is 4.07. The second kappa shape index (κ2) is 8.60. The number of aliphatic hydroxyl groups is 1. The number of benzene rings is 2. The summed E-state index contributed by atoms with van der Waals surface area (Å²) in [5.41, 5.74) is 1.53. The minimum Gasteiger partial charge on any atom is -0.504 e. The molecule has 3 N–H and O–H groups in total. The van der Waals surface area contributed by atoms with E-state index in [4.69, 9.17) is 14.2 Å². The molecule has 0 fully saturated rings. The van der Waals surface area contributed by atoms with Gasteiger partial charge in [-0.05, 0) is 42.3 Å². The van der Waals surface area contributed by atoms with E-state index in [-0.39, 0.29) is 24.0 Å². The van der Waals surface area contributed by atoms with Crippen LogP contribution >= 0.6 is 0 Å². The summed E-state index contributed by atoms with van der Waals surface area (Å²) in [6.45, 7) is 2.15. The molecule has 6 nitrogen and oxygen atoms in total. The molecule has 0 spiro atoms. The van der Waals surface area contributed by atoms with Crippen LogP contribution in [0.15, 0.2) is 36.4 Å². The largest absolute Gasteiger partial charge is 0.504 e. The summed E-state index contributed by atoms with van der Waals surface area (Å²) in [6.07, 6.45) is -0.459. The standard InChI is InChI=1S/C19H24O6/c1-4-25-19(13-6-8-16(22)18(10-13)24-3)14(11-20)12-5-7-15(21)17(9-12)23-2/h5-10,14,19-22H,4,11H2,1-3H3/t14-,19-/m0/s1. The number of phenolic OH excluding ortho intramolecular Hbond substituents is 2. The van der Waals surface area contributed by atoms with Crippen molar-refractivity contribution in [2.24, 2.45) is 0 Å². The number of ether oxygens (including phenoxy) is 3. The average Bonchev–Trinajstić information content (AvgIpc) is 2.63. The second-order valence-electron chi connectivity index (χ2n) is 5.53. The van der Waals surface area contributed by atoms with Crippen molar-refractivity contribution in [2.45, 2.75) is 18.9 Å². The van der Waals surface area contributed by atoms with Crippen molar-refractivity contribution in [3.05, 3.63) is 47.5 Å². The average molecular weight is 348 g/mol. The van der Waals surface area contributed by atoms with Gasteiger partial charge in [-0.15, -0.1) is 0 Å². The summed E-state index contributed by atoms with van der Waals surface area (Å²) < 4.78 is 16.2. The Kier molecular flexibility index (Phi) is 6.50. The third-order valence-electron chi connectivity index (χ3n) is 4.07. The van der Waals surface area contributed by atoms with Gasteiger partial charge in [-0.3, -0.25) is 0 Å². The monoisotopic (exact) mass is 348 g/mol. The molecule has 2 rings (SSSR count). The van der Waals surface area contributed by atoms with Gasteiger partial charge in [0.25, 0.3) is 0 Å². The van der Waals surface area contributed by atoms with Gasteiger partial charge in [0, 0.05) is 12.5 Å². The molecular weight excluding hydrogens is 324 g/mol. The Morgan fingerprint density at radius 3 is 1.88 bits per heavy atom. The van der Waals surface area contributed by atoms with E-state index < -0.39 is 6.10 Å². The first-order valence-electron chi connectivity index (χ1n) is 8.01. The molecular formula is C19H24O6. The van der Waals surface area contributed by atoms with Crippen LogP contribution in [0, 0.1) is 0 Å². The molecule has 0 heterocycles. The lowest BCUT2D eigenvalue weighted by Crippen LogP contribution is -2.18. The minimum atomic E-state index is -0.459. The molecule has 0 unspecified atom stereocenters. The van der Waals surface area contributed by atoms with Crippen molar-refractivity contribution in [1.82, 2.24) is 0 Å². The van der Waals surface area contributed by atoms with Crippen LogP contribution in [0.5, 0.6) is 23.0 Å². The zero-order valence-electron chi connectivity index (χ0n) is 14.6. The van der Waals surface area contributed by atoms with Gasteiger partial charge in [0.1, 0.15) is 0 Å². The molecule has 0 aromatic heterocycles. The number of hydrogen-bond donors (Lipinski definition) is 3. The molecule has 0 amide bonds. The molecule has 0 bridgehead atoms. The maximum absolute atomic E-state index is 9.99. The topological polar surface area (TPSA) is 88.4 Å². The predicted molar refractivity (Wildman–Crippen MR) is 93.5 cm³/mol. The van der Waals surface area contributed by atoms with E-state index in [1.165, 1.54) is 26.4 Å². The summed E-state index contributed by atoms with van der Waals surface area (Å²) in [6, 6.07) is 9.89. The zero-order chi connectivity index (χ0) is 18.4. The fourth-order valence-corrected chi connectivity index (χ4v) is 2.80. The van der Waals surface area contributed by atoms with E-state index in [0.717, 1.165) is 11.1 Å². The first kappa shape index (κ1) is 18.9. The van der Waals surface area contributed by atoms with Crippen molar-refractivity contribution in [2.75, 3.05) is 27.4 Å². The van der Waals surface area contributed by atoms with Crippen LogP contribution in [0.25, 0.3) is 0 Å². The first-order chi connectivity index (χ1) is 12.0. The molecule has 0 aliphatic rings. The maximum Gasteiger partial charge on any atom is 0.160 e. The molecule has 2 aromatic rings. The van der Waals surface area contributed by atoms with Crippen molar-refractivity contribution in [1.29, 1.82) is 0 Å². The van der Waals surface area contributed by atoms with E-state index in [2.05, 4.69) is 0 Å². The number of aliphatic hydroxyl groups excluding tert-OH is 1.